The number of ether oxygens (including phenoxy) is 3. The summed E-state index contributed by atoms with van der Waals surface area (Å²) in [6.07, 6.45) is 7.36. The molecule has 4 heterocycles. The Kier molecular flexibility index (Phi) is 11.8. The molecule has 2 aromatic carbocycles. The molecule has 8 rings (SSSR count). The Morgan fingerprint density at radius 2 is 1.73 bits per heavy atom. The smallest absolute Gasteiger partial charge is 0.407 e. The number of nitrogens with one attached hydrogen (secondary N) is 3. The summed E-state index contributed by atoms with van der Waals surface area (Å²) in [5, 5.41) is 5.96. The first kappa shape index (κ1) is 40.8. The predicted octanol–water partition coefficient (Wildman–Crippen LogP) is 5.55. The van der Waals surface area contributed by atoms with Crippen LogP contribution in [-0.4, -0.2) is 91.4 Å². The molecule has 4 fully saturated rings. The number of fused-ring (bicyclic) bond motifs is 4. The number of rotatable bonds is 5. The molecule has 2 saturated heterocycles. The third-order valence-electron chi connectivity index (χ3n) is 12.7. The molecule has 15 heteroatoms. The van der Waals surface area contributed by atoms with E-state index < -0.39 is 62.8 Å². The van der Waals surface area contributed by atoms with Gasteiger partial charge >= 0.3 is 6.09 Å². The molecule has 2 saturated carbocycles. The normalized spacial score (nSPS) is 28.4. The van der Waals surface area contributed by atoms with Crippen molar-refractivity contribution in [3.8, 4) is 22.8 Å². The predicted molar refractivity (Wildman–Crippen MR) is 220 cm³/mol. The Balaban J connectivity index is 1.18. The maximum Gasteiger partial charge on any atom is 0.407 e. The van der Waals surface area contributed by atoms with Crippen LogP contribution in [0.5, 0.6) is 11.5 Å². The van der Waals surface area contributed by atoms with Crippen LogP contribution < -0.4 is 24.8 Å². The highest BCUT2D eigenvalue weighted by molar-refractivity contribution is 7.91. The van der Waals surface area contributed by atoms with Crippen molar-refractivity contribution in [1.82, 2.24) is 25.2 Å². The Hall–Kier alpha value is -4.92. The van der Waals surface area contributed by atoms with E-state index in [-0.39, 0.29) is 31.4 Å². The van der Waals surface area contributed by atoms with Crippen molar-refractivity contribution < 1.29 is 41.8 Å². The third kappa shape index (κ3) is 9.00. The summed E-state index contributed by atoms with van der Waals surface area (Å²) < 4.78 is 46.6. The first-order valence-electron chi connectivity index (χ1n) is 21.3. The first-order chi connectivity index (χ1) is 28.4. The summed E-state index contributed by atoms with van der Waals surface area (Å²) in [6.45, 7) is 2.21. The van der Waals surface area contributed by atoms with Crippen LogP contribution in [0.4, 0.5) is 4.79 Å². The summed E-state index contributed by atoms with van der Waals surface area (Å²) in [5.74, 6) is -0.716. The fourth-order valence-corrected chi connectivity index (χ4v) is 10.4. The molecule has 2 aliphatic carbocycles. The first-order valence-corrected chi connectivity index (χ1v) is 22.8. The van der Waals surface area contributed by atoms with Crippen LogP contribution in [0.3, 0.4) is 0 Å². The summed E-state index contributed by atoms with van der Waals surface area (Å²) in [6, 6.07) is 13.5. The van der Waals surface area contributed by atoms with E-state index in [1.807, 2.05) is 55.5 Å². The fourth-order valence-electron chi connectivity index (χ4n) is 9.07. The second-order valence-electron chi connectivity index (χ2n) is 17.2. The highest BCUT2D eigenvalue weighted by Gasteiger charge is 2.62. The lowest BCUT2D eigenvalue weighted by molar-refractivity contribution is -0.141. The number of alkyl carbamates (subject to hydrolysis) is 1. The van der Waals surface area contributed by atoms with E-state index in [0.29, 0.717) is 67.7 Å². The van der Waals surface area contributed by atoms with Crippen LogP contribution in [0.1, 0.15) is 96.0 Å². The van der Waals surface area contributed by atoms with Gasteiger partial charge in [0.1, 0.15) is 35.2 Å². The minimum atomic E-state index is -3.88. The van der Waals surface area contributed by atoms with Gasteiger partial charge < -0.3 is 29.7 Å². The largest absolute Gasteiger partial charge is 0.496 e. The summed E-state index contributed by atoms with van der Waals surface area (Å²) in [4.78, 5) is 63.0. The number of sulfonamides is 1. The van der Waals surface area contributed by atoms with Crippen LogP contribution in [0.25, 0.3) is 22.2 Å². The lowest BCUT2D eigenvalue weighted by Gasteiger charge is -2.30. The van der Waals surface area contributed by atoms with E-state index >= 15 is 0 Å². The standard InChI is InChI=1S/C44H55N5O9S/c1-27-12-11-15-29-20-33-36(23-38(29)56-2)45-35(28-13-7-6-8-14-28)22-39(33)58-31-21-37-40(50)47-44(42(52)48-59(54,55)32-18-19-32)24-30(44)16-9-4-3-5-10-17-34(41(51)49(37)25-31)46-43(53)57-26-27/h6-8,13-14,20,22-23,27,30-32,34,37H,3-5,9-12,15-19,21,24-26H2,1-2H3,(H,46,53)(H,47,50)(H,48,52)/t27-,30+,31+,34-,37-,44+/m0/s1. The van der Waals surface area contributed by atoms with Crippen molar-refractivity contribution >= 4 is 44.7 Å². The van der Waals surface area contributed by atoms with Crippen LogP contribution in [-0.2, 0) is 35.6 Å². The quantitative estimate of drug-likeness (QED) is 0.295. The van der Waals surface area contributed by atoms with Crippen LogP contribution in [0.15, 0.2) is 48.5 Å². The van der Waals surface area contributed by atoms with Crippen molar-refractivity contribution in [3.05, 3.63) is 54.1 Å². The number of nitrogens with zero attached hydrogens (tertiary/aromatic N) is 2. The van der Waals surface area contributed by atoms with Crippen LogP contribution in [0.2, 0.25) is 0 Å². The molecule has 14 nitrogen and oxygen atoms in total. The average Bonchev–Trinajstić information content (AvgIpc) is 4.15. The number of hydrogen-bond acceptors (Lipinski definition) is 10. The van der Waals surface area contributed by atoms with E-state index in [0.717, 1.165) is 55.0 Å². The highest BCUT2D eigenvalue weighted by Crippen LogP contribution is 2.48. The molecule has 316 valence electrons. The van der Waals surface area contributed by atoms with Gasteiger partial charge in [-0.25, -0.2) is 18.2 Å². The van der Waals surface area contributed by atoms with Crippen LogP contribution in [0, 0.1) is 11.8 Å². The topological polar surface area (TPSA) is 182 Å². The maximum atomic E-state index is 14.7. The third-order valence-corrected chi connectivity index (χ3v) is 14.5. The van der Waals surface area contributed by atoms with Gasteiger partial charge in [0.2, 0.25) is 21.8 Å². The Morgan fingerprint density at radius 1 is 0.966 bits per heavy atom. The number of pyridine rings is 1. The molecular formula is C44H55N5O9S. The number of methoxy groups -OCH3 is 1. The van der Waals surface area contributed by atoms with E-state index in [1.54, 1.807) is 7.11 Å². The molecule has 3 N–H and O–H groups in total. The number of cyclic esters (lactones) is 1. The summed E-state index contributed by atoms with van der Waals surface area (Å²) in [5.41, 5.74) is 1.77. The van der Waals surface area contributed by atoms with Crippen molar-refractivity contribution in [2.45, 2.75) is 126 Å². The van der Waals surface area contributed by atoms with E-state index in [1.165, 1.54) is 4.90 Å². The number of benzene rings is 2. The molecule has 4 amide bonds. The SMILES string of the molecule is COc1cc2nc(-c3ccccc3)cc3c2cc1CCC[C@H](C)COC(=O)N[C@H]1CCCCCCC[C@@H]2C[C@@]2(C(=O)NS(=O)(=O)C2CC2)NC(=O)[C@@H]2C[C@H](CN2C1=O)O3. The molecular weight excluding hydrogens is 775 g/mol. The van der Waals surface area contributed by atoms with Gasteiger partial charge in [-0.05, 0) is 74.8 Å². The molecule has 0 unspecified atom stereocenters. The summed E-state index contributed by atoms with van der Waals surface area (Å²) in [7, 11) is -2.24. The molecule has 0 spiro atoms. The summed E-state index contributed by atoms with van der Waals surface area (Å²) >= 11 is 0. The van der Waals surface area contributed by atoms with Gasteiger partial charge in [0, 0.05) is 29.5 Å². The Bertz CT molecular complexity index is 2200. The van der Waals surface area contributed by atoms with Crippen LogP contribution >= 0.6 is 0 Å². The molecule has 5 aliphatic rings. The molecule has 3 aromatic rings. The van der Waals surface area contributed by atoms with Crippen molar-refractivity contribution in [3.63, 3.8) is 0 Å². The lowest BCUT2D eigenvalue weighted by atomic mass is 9.99. The van der Waals surface area contributed by atoms with E-state index in [9.17, 15) is 27.6 Å². The van der Waals surface area contributed by atoms with Gasteiger partial charge in [0.25, 0.3) is 5.91 Å². The number of aromatic nitrogens is 1. The monoisotopic (exact) mass is 829 g/mol. The Labute approximate surface area is 345 Å². The zero-order chi connectivity index (χ0) is 41.3. The molecule has 3 aliphatic heterocycles. The van der Waals surface area contributed by atoms with Crippen molar-refractivity contribution in [2.24, 2.45) is 11.8 Å². The second-order valence-corrected chi connectivity index (χ2v) is 19.2. The lowest BCUT2D eigenvalue weighted by Crippen LogP contribution is -2.58. The number of carbonyl (C=O) groups is 4. The van der Waals surface area contributed by atoms with Gasteiger partial charge in [-0.3, -0.25) is 19.1 Å². The molecule has 5 bridgehead atoms. The average molecular weight is 830 g/mol. The van der Waals surface area contributed by atoms with Gasteiger partial charge in [-0.2, -0.15) is 0 Å². The fraction of sp³-hybridized carbons (Fsp3) is 0.568. The molecule has 6 atom stereocenters. The zero-order valence-corrected chi connectivity index (χ0v) is 34.7. The molecule has 0 radical (unpaired) electrons. The van der Waals surface area contributed by atoms with Gasteiger partial charge in [0.15, 0.2) is 0 Å². The van der Waals surface area contributed by atoms with E-state index in [2.05, 4.69) is 15.4 Å². The molecule has 1 aromatic heterocycles. The van der Waals surface area contributed by atoms with Gasteiger partial charge in [0.05, 0.1) is 36.7 Å². The van der Waals surface area contributed by atoms with Gasteiger partial charge in [-0.15, -0.1) is 0 Å². The molecule has 59 heavy (non-hydrogen) atoms. The number of amides is 4. The van der Waals surface area contributed by atoms with Crippen molar-refractivity contribution in [2.75, 3.05) is 20.3 Å². The second kappa shape index (κ2) is 17.0. The highest BCUT2D eigenvalue weighted by atomic mass is 32.2. The van der Waals surface area contributed by atoms with Gasteiger partial charge in [-0.1, -0.05) is 69.4 Å². The van der Waals surface area contributed by atoms with E-state index in [4.69, 9.17) is 19.2 Å². The Morgan fingerprint density at radius 3 is 2.49 bits per heavy atom. The maximum absolute atomic E-state index is 14.7. The number of carbonyl (C=O) groups excluding carboxylic acids is 4. The van der Waals surface area contributed by atoms with Crippen molar-refractivity contribution in [1.29, 1.82) is 0 Å². The minimum Gasteiger partial charge on any atom is -0.496 e. The number of aryl methyl sites for hydroxylation is 1. The zero-order valence-electron chi connectivity index (χ0n) is 33.9. The number of hydrogen-bond donors (Lipinski definition) is 3. The minimum absolute atomic E-state index is 0.0212.